The van der Waals surface area contributed by atoms with E-state index in [0.717, 1.165) is 31.4 Å². The number of halogens is 1. The normalized spacial score (nSPS) is 19.6. The molecule has 0 radical (unpaired) electrons. The summed E-state index contributed by atoms with van der Waals surface area (Å²) in [6.07, 6.45) is 2.51. The third-order valence-corrected chi connectivity index (χ3v) is 3.58. The summed E-state index contributed by atoms with van der Waals surface area (Å²) in [6, 6.07) is 5.18. The van der Waals surface area contributed by atoms with E-state index in [9.17, 15) is 9.59 Å². The van der Waals surface area contributed by atoms with Gasteiger partial charge in [-0.15, -0.1) is 0 Å². The van der Waals surface area contributed by atoms with E-state index in [1.165, 1.54) is 0 Å². The van der Waals surface area contributed by atoms with Crippen LogP contribution in [0.1, 0.15) is 23.2 Å². The molecular formula is C13H15ClN2O2. The molecule has 0 saturated carbocycles. The van der Waals surface area contributed by atoms with Gasteiger partial charge in [0.2, 0.25) is 5.91 Å². The number of hydrogen-bond acceptors (Lipinski definition) is 3. The maximum Gasteiger partial charge on any atom is 0.222 e. The number of aldehydes is 1. The van der Waals surface area contributed by atoms with Crippen molar-refractivity contribution in [1.82, 2.24) is 0 Å². The van der Waals surface area contributed by atoms with Crippen molar-refractivity contribution >= 4 is 29.5 Å². The lowest BCUT2D eigenvalue weighted by atomic mass is 9.97. The lowest BCUT2D eigenvalue weighted by molar-refractivity contribution is -0.122. The molecule has 1 unspecified atom stereocenters. The number of carbonyl (C=O) groups is 2. The van der Waals surface area contributed by atoms with Crippen molar-refractivity contribution < 1.29 is 9.59 Å². The van der Waals surface area contributed by atoms with Gasteiger partial charge in [-0.25, -0.2) is 0 Å². The van der Waals surface area contributed by atoms with E-state index < -0.39 is 0 Å². The summed E-state index contributed by atoms with van der Waals surface area (Å²) >= 11 is 6.15. The maximum absolute atomic E-state index is 11.2. The van der Waals surface area contributed by atoms with Gasteiger partial charge in [-0.2, -0.15) is 0 Å². The summed E-state index contributed by atoms with van der Waals surface area (Å²) in [5, 5.41) is 0.532. The van der Waals surface area contributed by atoms with Crippen molar-refractivity contribution in [3.8, 4) is 0 Å². The fourth-order valence-corrected chi connectivity index (χ4v) is 2.59. The highest BCUT2D eigenvalue weighted by Gasteiger charge is 2.25. The average molecular weight is 267 g/mol. The predicted octanol–water partition coefficient (Wildman–Crippen LogP) is 1.85. The summed E-state index contributed by atoms with van der Waals surface area (Å²) in [5.41, 5.74) is 6.75. The molecule has 1 fully saturated rings. The van der Waals surface area contributed by atoms with E-state index in [0.29, 0.717) is 17.1 Å². The lowest BCUT2D eigenvalue weighted by Gasteiger charge is -2.33. The Morgan fingerprint density at radius 2 is 2.28 bits per heavy atom. The van der Waals surface area contributed by atoms with Gasteiger partial charge < -0.3 is 10.6 Å². The first-order valence-corrected chi connectivity index (χ1v) is 6.28. The van der Waals surface area contributed by atoms with Crippen molar-refractivity contribution in [2.24, 2.45) is 11.7 Å². The monoisotopic (exact) mass is 266 g/mol. The first kappa shape index (κ1) is 12.9. The topological polar surface area (TPSA) is 63.4 Å². The van der Waals surface area contributed by atoms with Crippen LogP contribution in [-0.4, -0.2) is 25.3 Å². The number of primary amides is 1. The van der Waals surface area contributed by atoms with Gasteiger partial charge in [0, 0.05) is 18.7 Å². The van der Waals surface area contributed by atoms with Gasteiger partial charge in [0.1, 0.15) is 6.29 Å². The minimum atomic E-state index is -0.264. The van der Waals surface area contributed by atoms with Crippen molar-refractivity contribution in [3.63, 3.8) is 0 Å². The number of amides is 1. The number of carbonyl (C=O) groups excluding carboxylic acids is 2. The van der Waals surface area contributed by atoms with Crippen LogP contribution in [-0.2, 0) is 4.79 Å². The van der Waals surface area contributed by atoms with Crippen molar-refractivity contribution in [3.05, 3.63) is 28.8 Å². The summed E-state index contributed by atoms with van der Waals surface area (Å²) in [6.45, 7) is 1.44. The average Bonchev–Trinajstić information content (AvgIpc) is 2.38. The zero-order valence-corrected chi connectivity index (χ0v) is 10.7. The highest BCUT2D eigenvalue weighted by molar-refractivity contribution is 6.33. The smallest absolute Gasteiger partial charge is 0.222 e. The third-order valence-electron chi connectivity index (χ3n) is 3.27. The number of nitrogens with zero attached hydrogens (tertiary/aromatic N) is 1. The van der Waals surface area contributed by atoms with Gasteiger partial charge in [0.05, 0.1) is 16.6 Å². The van der Waals surface area contributed by atoms with E-state index in [1.54, 1.807) is 12.1 Å². The van der Waals surface area contributed by atoms with E-state index in [4.69, 9.17) is 17.3 Å². The molecule has 2 N–H and O–H groups in total. The first-order valence-electron chi connectivity index (χ1n) is 5.91. The largest absolute Gasteiger partial charge is 0.370 e. The van der Waals surface area contributed by atoms with Crippen LogP contribution in [0.2, 0.25) is 5.02 Å². The number of piperidine rings is 1. The summed E-state index contributed by atoms with van der Waals surface area (Å²) in [5.74, 6) is -0.388. The van der Waals surface area contributed by atoms with Crippen LogP contribution < -0.4 is 10.6 Å². The molecule has 96 valence electrons. The van der Waals surface area contributed by atoms with Crippen molar-refractivity contribution in [2.75, 3.05) is 18.0 Å². The summed E-state index contributed by atoms with van der Waals surface area (Å²) in [4.78, 5) is 23.9. The van der Waals surface area contributed by atoms with Crippen LogP contribution in [0.25, 0.3) is 0 Å². The standard InChI is InChI=1S/C13H15ClN2O2/c14-11-6-9(8-17)3-4-12(11)16-5-1-2-10(7-16)13(15)18/h3-4,6,8,10H,1-2,5,7H2,(H2,15,18). The molecule has 5 heteroatoms. The molecule has 0 aliphatic carbocycles. The van der Waals surface area contributed by atoms with Crippen LogP contribution in [0, 0.1) is 5.92 Å². The maximum atomic E-state index is 11.2. The minimum Gasteiger partial charge on any atom is -0.370 e. The number of nitrogens with two attached hydrogens (primary N) is 1. The highest BCUT2D eigenvalue weighted by atomic mass is 35.5. The molecule has 4 nitrogen and oxygen atoms in total. The molecule has 1 saturated heterocycles. The zero-order chi connectivity index (χ0) is 13.1. The highest BCUT2D eigenvalue weighted by Crippen LogP contribution is 2.30. The SMILES string of the molecule is NC(=O)C1CCCN(c2ccc(C=O)cc2Cl)C1. The molecule has 1 aliphatic heterocycles. The van der Waals surface area contributed by atoms with Crippen LogP contribution >= 0.6 is 11.6 Å². The summed E-state index contributed by atoms with van der Waals surface area (Å²) < 4.78 is 0. The van der Waals surface area contributed by atoms with Gasteiger partial charge >= 0.3 is 0 Å². The van der Waals surface area contributed by atoms with Crippen molar-refractivity contribution in [2.45, 2.75) is 12.8 Å². The Balaban J connectivity index is 2.20. The Labute approximate surface area is 111 Å². The molecule has 1 aliphatic rings. The molecule has 1 aromatic rings. The van der Waals surface area contributed by atoms with Gasteiger partial charge in [0.25, 0.3) is 0 Å². The minimum absolute atomic E-state index is 0.124. The van der Waals surface area contributed by atoms with Crippen LogP contribution in [0.4, 0.5) is 5.69 Å². The Hall–Kier alpha value is -1.55. The Morgan fingerprint density at radius 3 is 2.89 bits per heavy atom. The van der Waals surface area contributed by atoms with Gasteiger partial charge in [-0.3, -0.25) is 9.59 Å². The number of benzene rings is 1. The zero-order valence-electron chi connectivity index (χ0n) is 9.93. The first-order chi connectivity index (χ1) is 8.61. The molecule has 0 bridgehead atoms. The predicted molar refractivity (Wildman–Crippen MR) is 71.0 cm³/mol. The molecule has 1 aromatic carbocycles. The van der Waals surface area contributed by atoms with Gasteiger partial charge in [-0.05, 0) is 31.0 Å². The summed E-state index contributed by atoms with van der Waals surface area (Å²) in [7, 11) is 0. The van der Waals surface area contributed by atoms with Crippen LogP contribution in [0.3, 0.4) is 0 Å². The van der Waals surface area contributed by atoms with Crippen LogP contribution in [0.15, 0.2) is 18.2 Å². The molecule has 2 rings (SSSR count). The lowest BCUT2D eigenvalue weighted by Crippen LogP contribution is -2.41. The van der Waals surface area contributed by atoms with E-state index in [2.05, 4.69) is 4.90 Å². The Kier molecular flexibility index (Phi) is 3.87. The van der Waals surface area contributed by atoms with Crippen LogP contribution in [0.5, 0.6) is 0 Å². The van der Waals surface area contributed by atoms with Crippen molar-refractivity contribution in [1.29, 1.82) is 0 Å². The van der Waals surface area contributed by atoms with Gasteiger partial charge in [-0.1, -0.05) is 11.6 Å². The number of hydrogen-bond donors (Lipinski definition) is 1. The Morgan fingerprint density at radius 1 is 1.50 bits per heavy atom. The fraction of sp³-hybridized carbons (Fsp3) is 0.385. The second kappa shape index (κ2) is 5.40. The van der Waals surface area contributed by atoms with E-state index in [1.807, 2.05) is 6.07 Å². The quantitative estimate of drug-likeness (QED) is 0.850. The molecule has 0 aromatic heterocycles. The molecule has 1 amide bonds. The molecular weight excluding hydrogens is 252 g/mol. The number of rotatable bonds is 3. The second-order valence-electron chi connectivity index (χ2n) is 4.52. The molecule has 1 heterocycles. The third kappa shape index (κ3) is 2.64. The second-order valence-corrected chi connectivity index (χ2v) is 4.92. The van der Waals surface area contributed by atoms with E-state index >= 15 is 0 Å². The van der Waals surface area contributed by atoms with Gasteiger partial charge in [0.15, 0.2) is 0 Å². The fourth-order valence-electron chi connectivity index (χ4n) is 2.28. The number of anilines is 1. The molecule has 18 heavy (non-hydrogen) atoms. The molecule has 0 spiro atoms. The molecule has 1 atom stereocenters. The van der Waals surface area contributed by atoms with E-state index in [-0.39, 0.29) is 11.8 Å². The Bertz CT molecular complexity index is 476.